The van der Waals surface area contributed by atoms with Crippen molar-refractivity contribution >= 4 is 5.71 Å². The first-order chi connectivity index (χ1) is 9.19. The number of hydrogen-bond donors (Lipinski definition) is 0. The van der Waals surface area contributed by atoms with E-state index in [1.165, 1.54) is 0 Å². The fraction of sp³-hybridized carbons (Fsp3) is 0.400. The van der Waals surface area contributed by atoms with Crippen molar-refractivity contribution in [1.29, 1.82) is 0 Å². The van der Waals surface area contributed by atoms with Gasteiger partial charge in [0, 0.05) is 24.9 Å². The standard InChI is InChI=1S/C15H19NO3/c1-4-8-13-14(12-9-6-5-7-10-12)11(2)16(17)19-15(13)18-3/h4-10,13-15H,1-3H3/b8-4+. The van der Waals surface area contributed by atoms with Gasteiger partial charge in [-0.15, -0.1) is 0 Å². The molecule has 1 aromatic carbocycles. The Labute approximate surface area is 113 Å². The minimum Gasteiger partial charge on any atom is -0.372 e. The zero-order chi connectivity index (χ0) is 13.8. The van der Waals surface area contributed by atoms with Gasteiger partial charge >= 0.3 is 0 Å². The molecule has 2 rings (SSSR count). The fourth-order valence-corrected chi connectivity index (χ4v) is 2.55. The normalized spacial score (nSPS) is 27.6. The van der Waals surface area contributed by atoms with Gasteiger partial charge in [0.15, 0.2) is 6.29 Å². The van der Waals surface area contributed by atoms with Crippen LogP contribution in [0, 0.1) is 11.1 Å². The maximum atomic E-state index is 11.9. The Bertz CT molecular complexity index is 481. The van der Waals surface area contributed by atoms with Crippen molar-refractivity contribution in [2.24, 2.45) is 5.92 Å². The average Bonchev–Trinajstić information content (AvgIpc) is 2.44. The zero-order valence-electron chi connectivity index (χ0n) is 11.4. The van der Waals surface area contributed by atoms with Crippen LogP contribution in [0.25, 0.3) is 0 Å². The zero-order valence-corrected chi connectivity index (χ0v) is 11.4. The van der Waals surface area contributed by atoms with Gasteiger partial charge in [-0.1, -0.05) is 42.5 Å². The van der Waals surface area contributed by atoms with E-state index in [4.69, 9.17) is 9.57 Å². The minimum absolute atomic E-state index is 0.0115. The van der Waals surface area contributed by atoms with Crippen molar-refractivity contribution in [3.63, 3.8) is 0 Å². The monoisotopic (exact) mass is 261 g/mol. The van der Waals surface area contributed by atoms with E-state index < -0.39 is 6.29 Å². The molecule has 3 atom stereocenters. The molecule has 0 radical (unpaired) electrons. The smallest absolute Gasteiger partial charge is 0.227 e. The highest BCUT2D eigenvalue weighted by atomic mass is 16.9. The van der Waals surface area contributed by atoms with Crippen LogP contribution < -0.4 is 0 Å². The molecule has 0 amide bonds. The first kappa shape index (κ1) is 13.6. The largest absolute Gasteiger partial charge is 0.372 e. The van der Waals surface area contributed by atoms with Crippen LogP contribution in [0.15, 0.2) is 42.5 Å². The lowest BCUT2D eigenvalue weighted by Crippen LogP contribution is -2.42. The van der Waals surface area contributed by atoms with Gasteiger partial charge in [-0.25, -0.2) is 0 Å². The highest BCUT2D eigenvalue weighted by Crippen LogP contribution is 2.34. The number of methoxy groups -OCH3 is 1. The van der Waals surface area contributed by atoms with E-state index in [9.17, 15) is 5.21 Å². The minimum atomic E-state index is -0.567. The molecule has 0 aromatic heterocycles. The average molecular weight is 261 g/mol. The van der Waals surface area contributed by atoms with E-state index in [0.717, 1.165) is 5.56 Å². The maximum Gasteiger partial charge on any atom is 0.227 e. The van der Waals surface area contributed by atoms with Crippen LogP contribution in [-0.2, 0) is 9.57 Å². The number of ether oxygens (including phenoxy) is 1. The molecule has 1 heterocycles. The molecule has 19 heavy (non-hydrogen) atoms. The van der Waals surface area contributed by atoms with Gasteiger partial charge in [-0.3, -0.25) is 5.21 Å². The van der Waals surface area contributed by atoms with Crippen LogP contribution in [-0.4, -0.2) is 24.0 Å². The molecule has 0 N–H and O–H groups in total. The SMILES string of the molecule is C/C=C/C1C(OC)O[N+]([O-])=C(C)C1c1ccccc1. The van der Waals surface area contributed by atoms with E-state index >= 15 is 0 Å². The van der Waals surface area contributed by atoms with Crippen LogP contribution >= 0.6 is 0 Å². The molecule has 0 saturated heterocycles. The van der Waals surface area contributed by atoms with E-state index in [2.05, 4.69) is 0 Å². The molecule has 4 heteroatoms. The molecule has 0 fully saturated rings. The topological polar surface area (TPSA) is 44.5 Å². The number of benzene rings is 1. The highest BCUT2D eigenvalue weighted by Gasteiger charge is 2.39. The molecule has 0 saturated carbocycles. The van der Waals surface area contributed by atoms with E-state index in [-0.39, 0.29) is 11.8 Å². The van der Waals surface area contributed by atoms with Gasteiger partial charge in [0.2, 0.25) is 5.71 Å². The second-order valence-corrected chi connectivity index (χ2v) is 4.60. The third-order valence-corrected chi connectivity index (χ3v) is 3.44. The van der Waals surface area contributed by atoms with Gasteiger partial charge in [-0.2, -0.15) is 0 Å². The Morgan fingerprint density at radius 1 is 1.32 bits per heavy atom. The highest BCUT2D eigenvalue weighted by molar-refractivity contribution is 5.85. The molecule has 102 valence electrons. The van der Waals surface area contributed by atoms with E-state index in [1.807, 2.05) is 49.4 Å². The summed E-state index contributed by atoms with van der Waals surface area (Å²) in [6, 6.07) is 9.96. The predicted molar refractivity (Wildman–Crippen MR) is 73.7 cm³/mol. The Kier molecular flexibility index (Phi) is 4.22. The summed E-state index contributed by atoms with van der Waals surface area (Å²) in [5, 5.41) is 11.9. The Morgan fingerprint density at radius 2 is 2.00 bits per heavy atom. The summed E-state index contributed by atoms with van der Waals surface area (Å²) in [5.74, 6) is -0.0452. The summed E-state index contributed by atoms with van der Waals surface area (Å²) in [6.45, 7) is 3.75. The third kappa shape index (κ3) is 2.63. The molecular formula is C15H19NO3. The summed E-state index contributed by atoms with van der Waals surface area (Å²) in [7, 11) is 1.55. The van der Waals surface area contributed by atoms with E-state index in [1.54, 1.807) is 14.0 Å². The van der Waals surface area contributed by atoms with Gasteiger partial charge in [0.25, 0.3) is 0 Å². The number of nitrogens with zero attached hydrogens (tertiary/aromatic N) is 1. The summed E-state index contributed by atoms with van der Waals surface area (Å²) >= 11 is 0. The lowest BCUT2D eigenvalue weighted by Gasteiger charge is -2.35. The first-order valence-corrected chi connectivity index (χ1v) is 6.37. The van der Waals surface area contributed by atoms with E-state index in [0.29, 0.717) is 10.6 Å². The summed E-state index contributed by atoms with van der Waals surface area (Å²) in [6.07, 6.45) is 3.43. The lowest BCUT2D eigenvalue weighted by molar-refractivity contribution is -0.774. The van der Waals surface area contributed by atoms with Crippen LogP contribution in [0.5, 0.6) is 0 Å². The molecule has 0 aliphatic carbocycles. The molecule has 0 bridgehead atoms. The Hall–Kier alpha value is -1.81. The molecule has 3 unspecified atom stereocenters. The van der Waals surface area contributed by atoms with Crippen molar-refractivity contribution < 1.29 is 14.5 Å². The molecule has 1 aromatic rings. The predicted octanol–water partition coefficient (Wildman–Crippen LogP) is 2.85. The second kappa shape index (κ2) is 5.89. The fourth-order valence-electron chi connectivity index (χ4n) is 2.55. The maximum absolute atomic E-state index is 11.9. The Morgan fingerprint density at radius 3 is 2.58 bits per heavy atom. The summed E-state index contributed by atoms with van der Waals surface area (Å²) in [4.78, 5) is 5.81. The third-order valence-electron chi connectivity index (χ3n) is 3.44. The van der Waals surface area contributed by atoms with Gasteiger partial charge in [0.05, 0.1) is 5.92 Å². The lowest BCUT2D eigenvalue weighted by atomic mass is 9.81. The molecular weight excluding hydrogens is 242 g/mol. The second-order valence-electron chi connectivity index (χ2n) is 4.60. The van der Waals surface area contributed by atoms with Crippen molar-refractivity contribution in [2.75, 3.05) is 7.11 Å². The van der Waals surface area contributed by atoms with Crippen molar-refractivity contribution in [1.82, 2.24) is 0 Å². The number of hydrogen-bond acceptors (Lipinski definition) is 3. The Balaban J connectivity index is 2.47. The molecule has 0 spiro atoms. The quantitative estimate of drug-likeness (QED) is 0.621. The van der Waals surface area contributed by atoms with Crippen molar-refractivity contribution in [2.45, 2.75) is 26.1 Å². The molecule has 4 nitrogen and oxygen atoms in total. The summed E-state index contributed by atoms with van der Waals surface area (Å²) < 4.78 is 5.30. The van der Waals surface area contributed by atoms with Crippen LogP contribution in [0.4, 0.5) is 0 Å². The summed E-state index contributed by atoms with van der Waals surface area (Å²) in [5.41, 5.74) is 1.73. The van der Waals surface area contributed by atoms with Crippen molar-refractivity contribution in [3.8, 4) is 0 Å². The number of allylic oxidation sites excluding steroid dienone is 1. The first-order valence-electron chi connectivity index (χ1n) is 6.37. The van der Waals surface area contributed by atoms with Gasteiger partial charge in [-0.05, 0) is 12.5 Å². The molecule has 1 aliphatic rings. The van der Waals surface area contributed by atoms with Crippen LogP contribution in [0.3, 0.4) is 0 Å². The van der Waals surface area contributed by atoms with Crippen LogP contribution in [0.2, 0.25) is 0 Å². The molecule has 1 aliphatic heterocycles. The van der Waals surface area contributed by atoms with Gasteiger partial charge in [0.1, 0.15) is 0 Å². The number of rotatable bonds is 3. The van der Waals surface area contributed by atoms with Crippen molar-refractivity contribution in [3.05, 3.63) is 53.3 Å². The van der Waals surface area contributed by atoms with Crippen LogP contribution in [0.1, 0.15) is 25.3 Å². The van der Waals surface area contributed by atoms with Gasteiger partial charge < -0.3 is 9.57 Å².